The Balaban J connectivity index is 1.88. The molecule has 1 amide bonds. The SMILES string of the molecule is CC(CCO)NC(=O)c1ccc(SCc2cccnc2)cc1. The Bertz CT molecular complexity index is 587. The summed E-state index contributed by atoms with van der Waals surface area (Å²) in [5.41, 5.74) is 1.81. The van der Waals surface area contributed by atoms with E-state index >= 15 is 0 Å². The third-order valence-electron chi connectivity index (χ3n) is 3.18. The van der Waals surface area contributed by atoms with Gasteiger partial charge in [0.25, 0.3) is 5.91 Å². The topological polar surface area (TPSA) is 62.2 Å². The Morgan fingerprint density at radius 1 is 1.32 bits per heavy atom. The summed E-state index contributed by atoms with van der Waals surface area (Å²) in [6, 6.07) is 11.5. The van der Waals surface area contributed by atoms with Crippen molar-refractivity contribution in [2.75, 3.05) is 6.61 Å². The molecular formula is C17H20N2O2S. The summed E-state index contributed by atoms with van der Waals surface area (Å²) in [6.07, 6.45) is 4.18. The molecule has 0 fully saturated rings. The van der Waals surface area contributed by atoms with Crippen LogP contribution in [-0.2, 0) is 5.75 Å². The first kappa shape index (κ1) is 16.5. The number of rotatable bonds is 7. The van der Waals surface area contributed by atoms with Gasteiger partial charge in [0.1, 0.15) is 0 Å². The molecule has 2 aromatic rings. The van der Waals surface area contributed by atoms with E-state index in [1.807, 2.05) is 49.5 Å². The predicted octanol–water partition coefficient (Wildman–Crippen LogP) is 2.87. The lowest BCUT2D eigenvalue weighted by Gasteiger charge is -2.12. The maximum Gasteiger partial charge on any atom is 0.251 e. The lowest BCUT2D eigenvalue weighted by Crippen LogP contribution is -2.33. The Hall–Kier alpha value is -1.85. The quantitative estimate of drug-likeness (QED) is 0.771. The number of pyridine rings is 1. The summed E-state index contributed by atoms with van der Waals surface area (Å²) < 4.78 is 0. The number of nitrogens with zero attached hydrogens (tertiary/aromatic N) is 1. The maximum absolute atomic E-state index is 12.0. The summed E-state index contributed by atoms with van der Waals surface area (Å²) >= 11 is 1.71. The maximum atomic E-state index is 12.0. The van der Waals surface area contributed by atoms with E-state index in [1.165, 1.54) is 5.56 Å². The number of benzene rings is 1. The number of carbonyl (C=O) groups is 1. The zero-order valence-electron chi connectivity index (χ0n) is 12.5. The average molecular weight is 316 g/mol. The fourth-order valence-corrected chi connectivity index (χ4v) is 2.76. The second-order valence-corrected chi connectivity index (χ2v) is 6.11. The van der Waals surface area contributed by atoms with Crippen molar-refractivity contribution in [3.8, 4) is 0 Å². The highest BCUT2D eigenvalue weighted by Gasteiger charge is 2.09. The van der Waals surface area contributed by atoms with Crippen LogP contribution in [0.2, 0.25) is 0 Å². The number of nitrogens with one attached hydrogen (secondary N) is 1. The number of hydrogen-bond acceptors (Lipinski definition) is 4. The fourth-order valence-electron chi connectivity index (χ4n) is 1.93. The van der Waals surface area contributed by atoms with Crippen LogP contribution in [0.1, 0.15) is 29.3 Å². The van der Waals surface area contributed by atoms with Crippen LogP contribution in [0.25, 0.3) is 0 Å². The van der Waals surface area contributed by atoms with Gasteiger partial charge < -0.3 is 10.4 Å². The molecule has 1 atom stereocenters. The number of aliphatic hydroxyl groups excluding tert-OH is 1. The molecule has 116 valence electrons. The number of aromatic nitrogens is 1. The van der Waals surface area contributed by atoms with Crippen molar-refractivity contribution in [3.05, 3.63) is 59.9 Å². The number of carbonyl (C=O) groups excluding carboxylic acids is 1. The van der Waals surface area contributed by atoms with Gasteiger partial charge in [0.15, 0.2) is 0 Å². The van der Waals surface area contributed by atoms with Gasteiger partial charge in [-0.2, -0.15) is 0 Å². The van der Waals surface area contributed by atoms with Crippen LogP contribution in [0.4, 0.5) is 0 Å². The van der Waals surface area contributed by atoms with E-state index in [0.29, 0.717) is 12.0 Å². The Kier molecular flexibility index (Phi) is 6.43. The average Bonchev–Trinajstić information content (AvgIpc) is 2.54. The largest absolute Gasteiger partial charge is 0.396 e. The van der Waals surface area contributed by atoms with E-state index in [4.69, 9.17) is 5.11 Å². The summed E-state index contributed by atoms with van der Waals surface area (Å²) in [5, 5.41) is 11.7. The molecule has 1 heterocycles. The standard InChI is InChI=1S/C17H20N2O2S/c1-13(8-10-20)19-17(21)15-4-6-16(7-5-15)22-12-14-3-2-9-18-11-14/h2-7,9,11,13,20H,8,10,12H2,1H3,(H,19,21). The molecule has 5 heteroatoms. The highest BCUT2D eigenvalue weighted by molar-refractivity contribution is 7.98. The highest BCUT2D eigenvalue weighted by Crippen LogP contribution is 2.22. The molecule has 0 saturated carbocycles. The summed E-state index contributed by atoms with van der Waals surface area (Å²) in [6.45, 7) is 1.96. The lowest BCUT2D eigenvalue weighted by molar-refractivity contribution is 0.0934. The lowest BCUT2D eigenvalue weighted by atomic mass is 10.2. The van der Waals surface area contributed by atoms with Crippen LogP contribution in [0.3, 0.4) is 0 Å². The number of hydrogen-bond donors (Lipinski definition) is 2. The van der Waals surface area contributed by atoms with Gasteiger partial charge in [-0.05, 0) is 49.2 Å². The first-order chi connectivity index (χ1) is 10.7. The van der Waals surface area contributed by atoms with Crippen LogP contribution in [0.5, 0.6) is 0 Å². The molecular weight excluding hydrogens is 296 g/mol. The van der Waals surface area contributed by atoms with E-state index in [1.54, 1.807) is 18.0 Å². The molecule has 1 aromatic heterocycles. The molecule has 0 aliphatic carbocycles. The summed E-state index contributed by atoms with van der Waals surface area (Å²) in [7, 11) is 0. The van der Waals surface area contributed by atoms with Crippen LogP contribution in [0.15, 0.2) is 53.7 Å². The minimum atomic E-state index is -0.107. The van der Waals surface area contributed by atoms with Crippen LogP contribution < -0.4 is 5.32 Å². The minimum absolute atomic E-state index is 0.0304. The van der Waals surface area contributed by atoms with Gasteiger partial charge in [-0.1, -0.05) is 6.07 Å². The van der Waals surface area contributed by atoms with Gasteiger partial charge in [0.05, 0.1) is 0 Å². The molecule has 0 radical (unpaired) electrons. The smallest absolute Gasteiger partial charge is 0.251 e. The third kappa shape index (κ3) is 5.16. The van der Waals surface area contributed by atoms with Gasteiger partial charge >= 0.3 is 0 Å². The number of amides is 1. The monoisotopic (exact) mass is 316 g/mol. The molecule has 0 aliphatic heterocycles. The van der Waals surface area contributed by atoms with E-state index < -0.39 is 0 Å². The molecule has 4 nitrogen and oxygen atoms in total. The van der Waals surface area contributed by atoms with Crippen molar-refractivity contribution in [1.82, 2.24) is 10.3 Å². The van der Waals surface area contributed by atoms with Crippen molar-refractivity contribution >= 4 is 17.7 Å². The zero-order valence-corrected chi connectivity index (χ0v) is 13.3. The third-order valence-corrected chi connectivity index (χ3v) is 4.27. The molecule has 2 rings (SSSR count). The normalized spacial score (nSPS) is 11.9. The Morgan fingerprint density at radius 3 is 2.73 bits per heavy atom. The van der Waals surface area contributed by atoms with Crippen molar-refractivity contribution in [1.29, 1.82) is 0 Å². The fraction of sp³-hybridized carbons (Fsp3) is 0.294. The number of thioether (sulfide) groups is 1. The molecule has 1 unspecified atom stereocenters. The Morgan fingerprint density at radius 2 is 2.09 bits per heavy atom. The zero-order chi connectivity index (χ0) is 15.8. The second kappa shape index (κ2) is 8.56. The summed E-state index contributed by atoms with van der Waals surface area (Å²) in [4.78, 5) is 17.2. The van der Waals surface area contributed by atoms with Gasteiger partial charge in [-0.15, -0.1) is 11.8 Å². The molecule has 0 spiro atoms. The van der Waals surface area contributed by atoms with Crippen molar-refractivity contribution in [3.63, 3.8) is 0 Å². The van der Waals surface area contributed by atoms with E-state index in [0.717, 1.165) is 10.6 Å². The summed E-state index contributed by atoms with van der Waals surface area (Å²) in [5.74, 6) is 0.747. The van der Waals surface area contributed by atoms with E-state index in [9.17, 15) is 4.79 Å². The molecule has 1 aromatic carbocycles. The van der Waals surface area contributed by atoms with Crippen molar-refractivity contribution in [2.45, 2.75) is 30.0 Å². The molecule has 22 heavy (non-hydrogen) atoms. The Labute approximate surface area is 135 Å². The predicted molar refractivity (Wildman–Crippen MR) is 88.9 cm³/mol. The van der Waals surface area contributed by atoms with E-state index in [2.05, 4.69) is 10.3 Å². The minimum Gasteiger partial charge on any atom is -0.396 e. The van der Waals surface area contributed by atoms with Crippen LogP contribution in [0, 0.1) is 0 Å². The van der Waals surface area contributed by atoms with Crippen molar-refractivity contribution in [2.24, 2.45) is 0 Å². The van der Waals surface area contributed by atoms with Gasteiger partial charge in [-0.25, -0.2) is 0 Å². The first-order valence-electron chi connectivity index (χ1n) is 7.22. The molecule has 0 bridgehead atoms. The first-order valence-corrected chi connectivity index (χ1v) is 8.21. The highest BCUT2D eigenvalue weighted by atomic mass is 32.2. The van der Waals surface area contributed by atoms with Gasteiger partial charge in [-0.3, -0.25) is 9.78 Å². The van der Waals surface area contributed by atoms with Gasteiger partial charge in [0.2, 0.25) is 0 Å². The van der Waals surface area contributed by atoms with Crippen LogP contribution >= 0.6 is 11.8 Å². The van der Waals surface area contributed by atoms with Crippen LogP contribution in [-0.4, -0.2) is 28.6 Å². The molecule has 0 aliphatic rings. The number of aliphatic hydroxyl groups is 1. The van der Waals surface area contributed by atoms with E-state index in [-0.39, 0.29) is 18.6 Å². The molecule has 2 N–H and O–H groups in total. The molecule has 0 saturated heterocycles. The second-order valence-electron chi connectivity index (χ2n) is 5.06. The van der Waals surface area contributed by atoms with Gasteiger partial charge in [0, 0.05) is 41.3 Å². The van der Waals surface area contributed by atoms with Crippen molar-refractivity contribution < 1.29 is 9.90 Å².